The van der Waals surface area contributed by atoms with Gasteiger partial charge in [0.15, 0.2) is 0 Å². The van der Waals surface area contributed by atoms with Crippen LogP contribution in [0.15, 0.2) is 6.20 Å². The number of rotatable bonds is 3. The molecule has 3 unspecified atom stereocenters. The van der Waals surface area contributed by atoms with Gasteiger partial charge in [-0.25, -0.2) is 0 Å². The van der Waals surface area contributed by atoms with Gasteiger partial charge in [-0.15, -0.1) is 16.7 Å². The molecule has 0 bridgehead atoms. The zero-order valence-electron chi connectivity index (χ0n) is 10.9. The maximum Gasteiger partial charge on any atom is 0.0830 e. The Labute approximate surface area is 109 Å². The van der Waals surface area contributed by atoms with Crippen LogP contribution in [0.4, 0.5) is 0 Å². The Balaban J connectivity index is 1.98. The molecule has 3 atom stereocenters. The molecule has 0 spiro atoms. The first kappa shape index (κ1) is 12.9. The number of halogens is 1. The van der Waals surface area contributed by atoms with Gasteiger partial charge in [0, 0.05) is 18.6 Å². The predicted octanol–water partition coefficient (Wildman–Crippen LogP) is 3.04. The summed E-state index contributed by atoms with van der Waals surface area (Å²) >= 11 is 6.45. The highest BCUT2D eigenvalue weighted by atomic mass is 35.5. The van der Waals surface area contributed by atoms with Crippen LogP contribution >= 0.6 is 11.6 Å². The van der Waals surface area contributed by atoms with E-state index in [-0.39, 0.29) is 0 Å². The highest BCUT2D eigenvalue weighted by molar-refractivity contribution is 6.20. The van der Waals surface area contributed by atoms with E-state index < -0.39 is 0 Å². The topological polar surface area (TPSA) is 30.7 Å². The summed E-state index contributed by atoms with van der Waals surface area (Å²) in [7, 11) is 1.91. The van der Waals surface area contributed by atoms with Crippen molar-refractivity contribution in [2.45, 2.75) is 44.9 Å². The van der Waals surface area contributed by atoms with Crippen LogP contribution in [-0.2, 0) is 13.5 Å². The molecule has 0 aliphatic heterocycles. The molecule has 0 amide bonds. The monoisotopic (exact) mass is 255 g/mol. The molecule has 0 aromatic carbocycles. The van der Waals surface area contributed by atoms with Crippen LogP contribution in [0.3, 0.4) is 0 Å². The summed E-state index contributed by atoms with van der Waals surface area (Å²) in [5.74, 6) is 2.16. The summed E-state index contributed by atoms with van der Waals surface area (Å²) in [6.45, 7) is 4.64. The molecule has 1 heterocycles. The third-order valence-corrected chi connectivity index (χ3v) is 4.57. The SMILES string of the molecule is CC(C)C1CCC(Cl)C(Cc2cn(C)nn2)C1. The Bertz CT molecular complexity index is 361. The van der Waals surface area contributed by atoms with Gasteiger partial charge in [0.2, 0.25) is 0 Å². The van der Waals surface area contributed by atoms with Crippen LogP contribution in [0, 0.1) is 17.8 Å². The van der Waals surface area contributed by atoms with Gasteiger partial charge in [0.05, 0.1) is 5.69 Å². The molecular formula is C13H22ClN3. The smallest absolute Gasteiger partial charge is 0.0830 e. The van der Waals surface area contributed by atoms with Gasteiger partial charge in [-0.2, -0.15) is 0 Å². The lowest BCUT2D eigenvalue weighted by Crippen LogP contribution is -2.29. The van der Waals surface area contributed by atoms with E-state index in [4.69, 9.17) is 11.6 Å². The summed E-state index contributed by atoms with van der Waals surface area (Å²) < 4.78 is 1.77. The van der Waals surface area contributed by atoms with Crippen molar-refractivity contribution in [3.63, 3.8) is 0 Å². The molecule has 3 nitrogen and oxygen atoms in total. The molecule has 0 N–H and O–H groups in total. The summed E-state index contributed by atoms with van der Waals surface area (Å²) in [6.07, 6.45) is 6.65. The van der Waals surface area contributed by atoms with E-state index in [1.54, 1.807) is 4.68 Å². The van der Waals surface area contributed by atoms with Crippen LogP contribution in [0.2, 0.25) is 0 Å². The van der Waals surface area contributed by atoms with Gasteiger partial charge >= 0.3 is 0 Å². The quantitative estimate of drug-likeness (QED) is 0.778. The molecule has 1 saturated carbocycles. The second kappa shape index (κ2) is 5.38. The highest BCUT2D eigenvalue weighted by Gasteiger charge is 2.31. The summed E-state index contributed by atoms with van der Waals surface area (Å²) in [6, 6.07) is 0. The van der Waals surface area contributed by atoms with Crippen molar-refractivity contribution >= 4 is 11.6 Å². The summed E-state index contributed by atoms with van der Waals surface area (Å²) in [5, 5.41) is 8.47. The third kappa shape index (κ3) is 3.21. The van der Waals surface area contributed by atoms with Crippen molar-refractivity contribution in [1.82, 2.24) is 15.0 Å². The minimum Gasteiger partial charge on any atom is -0.255 e. The van der Waals surface area contributed by atoms with Gasteiger partial charge in [-0.1, -0.05) is 19.1 Å². The number of aromatic nitrogens is 3. The van der Waals surface area contributed by atoms with Gasteiger partial charge in [0.25, 0.3) is 0 Å². The highest BCUT2D eigenvalue weighted by Crippen LogP contribution is 2.37. The molecule has 1 aliphatic carbocycles. The zero-order valence-corrected chi connectivity index (χ0v) is 11.7. The van der Waals surface area contributed by atoms with Gasteiger partial charge in [-0.05, 0) is 43.4 Å². The second-order valence-corrected chi connectivity index (χ2v) is 6.24. The van der Waals surface area contributed by atoms with Crippen molar-refractivity contribution in [1.29, 1.82) is 0 Å². The summed E-state index contributed by atoms with van der Waals surface area (Å²) in [4.78, 5) is 0. The Hall–Kier alpha value is -0.570. The summed E-state index contributed by atoms with van der Waals surface area (Å²) in [5.41, 5.74) is 1.08. The first-order valence-corrected chi connectivity index (χ1v) is 6.99. The lowest BCUT2D eigenvalue weighted by molar-refractivity contribution is 0.217. The Morgan fingerprint density at radius 3 is 2.82 bits per heavy atom. The van der Waals surface area contributed by atoms with E-state index in [2.05, 4.69) is 24.2 Å². The maximum atomic E-state index is 6.45. The molecule has 96 valence electrons. The molecule has 0 radical (unpaired) electrons. The fourth-order valence-electron chi connectivity index (χ4n) is 2.84. The average Bonchev–Trinajstić information content (AvgIpc) is 2.67. The lowest BCUT2D eigenvalue weighted by Gasteiger charge is -2.34. The number of hydrogen-bond donors (Lipinski definition) is 0. The molecule has 0 saturated heterocycles. The van der Waals surface area contributed by atoms with Crippen molar-refractivity contribution in [2.24, 2.45) is 24.8 Å². The maximum absolute atomic E-state index is 6.45. The number of nitrogens with zero attached hydrogens (tertiary/aromatic N) is 3. The molecule has 4 heteroatoms. The van der Waals surface area contributed by atoms with E-state index in [0.717, 1.165) is 30.4 Å². The van der Waals surface area contributed by atoms with Crippen LogP contribution < -0.4 is 0 Å². The molecule has 1 fully saturated rings. The van der Waals surface area contributed by atoms with Crippen LogP contribution in [-0.4, -0.2) is 20.4 Å². The minimum absolute atomic E-state index is 0.312. The Morgan fingerprint density at radius 2 is 2.24 bits per heavy atom. The first-order chi connectivity index (χ1) is 8.06. The largest absolute Gasteiger partial charge is 0.255 e. The minimum atomic E-state index is 0.312. The second-order valence-electron chi connectivity index (χ2n) is 5.68. The van der Waals surface area contributed by atoms with Crippen molar-refractivity contribution in [3.05, 3.63) is 11.9 Å². The van der Waals surface area contributed by atoms with Crippen molar-refractivity contribution in [2.75, 3.05) is 0 Å². The van der Waals surface area contributed by atoms with E-state index in [1.807, 2.05) is 13.2 Å². The molecular weight excluding hydrogens is 234 g/mol. The fraction of sp³-hybridized carbons (Fsp3) is 0.846. The van der Waals surface area contributed by atoms with Crippen LogP contribution in [0.1, 0.15) is 38.8 Å². The normalized spacial score (nSPS) is 29.8. The number of aryl methyl sites for hydroxylation is 1. The molecule has 1 aromatic rings. The zero-order chi connectivity index (χ0) is 12.4. The Morgan fingerprint density at radius 1 is 1.47 bits per heavy atom. The van der Waals surface area contributed by atoms with Crippen LogP contribution in [0.5, 0.6) is 0 Å². The molecule has 2 rings (SSSR count). The van der Waals surface area contributed by atoms with Gasteiger partial charge in [-0.3, -0.25) is 4.68 Å². The first-order valence-electron chi connectivity index (χ1n) is 6.55. The van der Waals surface area contributed by atoms with E-state index >= 15 is 0 Å². The van der Waals surface area contributed by atoms with E-state index in [0.29, 0.717) is 11.3 Å². The van der Waals surface area contributed by atoms with E-state index in [1.165, 1.54) is 12.8 Å². The van der Waals surface area contributed by atoms with Gasteiger partial charge in [0.1, 0.15) is 0 Å². The van der Waals surface area contributed by atoms with Crippen LogP contribution in [0.25, 0.3) is 0 Å². The Kier molecular flexibility index (Phi) is 4.08. The fourth-order valence-corrected chi connectivity index (χ4v) is 3.16. The van der Waals surface area contributed by atoms with Gasteiger partial charge < -0.3 is 0 Å². The number of alkyl halides is 1. The lowest BCUT2D eigenvalue weighted by atomic mass is 9.74. The molecule has 1 aromatic heterocycles. The standard InChI is InChI=1S/C13H22ClN3/c1-9(2)10-4-5-13(14)11(6-10)7-12-8-17(3)16-15-12/h8-11,13H,4-7H2,1-3H3. The van der Waals surface area contributed by atoms with Crippen molar-refractivity contribution < 1.29 is 0 Å². The number of hydrogen-bond acceptors (Lipinski definition) is 2. The molecule has 1 aliphatic rings. The third-order valence-electron chi connectivity index (χ3n) is 3.99. The average molecular weight is 256 g/mol. The van der Waals surface area contributed by atoms with Crippen molar-refractivity contribution in [3.8, 4) is 0 Å². The molecule has 17 heavy (non-hydrogen) atoms. The predicted molar refractivity (Wildman–Crippen MR) is 70.0 cm³/mol. The van der Waals surface area contributed by atoms with E-state index in [9.17, 15) is 0 Å².